The Kier molecular flexibility index (Phi) is 2.44. The zero-order valence-electron chi connectivity index (χ0n) is 9.57. The fourth-order valence-electron chi connectivity index (χ4n) is 2.38. The van der Waals surface area contributed by atoms with E-state index < -0.39 is 0 Å². The Bertz CT molecular complexity index is 484. The third-order valence-electron chi connectivity index (χ3n) is 3.54. The monoisotopic (exact) mass is 215 g/mol. The van der Waals surface area contributed by atoms with Crippen LogP contribution in [0.2, 0.25) is 0 Å². The van der Waals surface area contributed by atoms with Crippen molar-refractivity contribution in [1.82, 2.24) is 5.32 Å². The van der Waals surface area contributed by atoms with E-state index in [2.05, 4.69) is 30.6 Å². The summed E-state index contributed by atoms with van der Waals surface area (Å²) in [7, 11) is 2.06. The first kappa shape index (κ1) is 9.91. The van der Waals surface area contributed by atoms with Crippen LogP contribution in [0.5, 0.6) is 0 Å². The molecule has 0 spiro atoms. The number of likely N-dealkylation sites (N-methyl/N-ethyl adjacent to an activating group) is 1. The minimum atomic E-state index is 0.632. The molecule has 1 aromatic heterocycles. The zero-order valence-corrected chi connectivity index (χ0v) is 9.57. The van der Waals surface area contributed by atoms with Crippen molar-refractivity contribution in [3.63, 3.8) is 0 Å². The van der Waals surface area contributed by atoms with Crippen molar-refractivity contribution in [2.24, 2.45) is 5.92 Å². The number of nitrogens with one attached hydrogen (secondary N) is 1. The number of rotatable bonds is 4. The molecule has 1 atom stereocenters. The molecule has 1 saturated carbocycles. The number of hydrogen-bond donors (Lipinski definition) is 1. The molecule has 1 aliphatic rings. The molecule has 0 amide bonds. The van der Waals surface area contributed by atoms with Crippen LogP contribution >= 0.6 is 0 Å². The van der Waals surface area contributed by atoms with Crippen molar-refractivity contribution in [2.75, 3.05) is 7.05 Å². The summed E-state index contributed by atoms with van der Waals surface area (Å²) in [6.07, 6.45) is 5.63. The third kappa shape index (κ3) is 1.85. The number of hydrogen-bond acceptors (Lipinski definition) is 2. The minimum Gasteiger partial charge on any atom is -0.464 e. The van der Waals surface area contributed by atoms with Crippen molar-refractivity contribution >= 4 is 11.0 Å². The Hall–Kier alpha value is -1.28. The number of benzene rings is 1. The predicted molar refractivity (Wildman–Crippen MR) is 65.5 cm³/mol. The van der Waals surface area contributed by atoms with Gasteiger partial charge in [-0.3, -0.25) is 0 Å². The predicted octanol–water partition coefficient (Wildman–Crippen LogP) is 2.97. The molecule has 2 aromatic rings. The van der Waals surface area contributed by atoms with E-state index in [0.717, 1.165) is 17.9 Å². The van der Waals surface area contributed by atoms with Crippen LogP contribution in [0.4, 0.5) is 0 Å². The highest BCUT2D eigenvalue weighted by Crippen LogP contribution is 2.34. The molecule has 2 heteroatoms. The highest BCUT2D eigenvalue weighted by Gasteiger charge is 2.29. The second-order valence-electron chi connectivity index (χ2n) is 4.73. The molecule has 0 saturated heterocycles. The van der Waals surface area contributed by atoms with Crippen LogP contribution in [0.25, 0.3) is 11.0 Å². The van der Waals surface area contributed by atoms with Gasteiger partial charge in [0.25, 0.3) is 0 Å². The molecule has 0 aliphatic heterocycles. The van der Waals surface area contributed by atoms with Crippen LogP contribution in [0.15, 0.2) is 34.9 Å². The molecule has 2 nitrogen and oxygen atoms in total. The quantitative estimate of drug-likeness (QED) is 0.848. The van der Waals surface area contributed by atoms with Crippen molar-refractivity contribution in [2.45, 2.75) is 25.3 Å². The van der Waals surface area contributed by atoms with Crippen LogP contribution in [0.3, 0.4) is 0 Å². The maximum absolute atomic E-state index is 5.43. The van der Waals surface area contributed by atoms with E-state index in [1.807, 2.05) is 6.07 Å². The molecule has 0 bridgehead atoms. The van der Waals surface area contributed by atoms with Crippen LogP contribution in [-0.2, 0) is 6.42 Å². The van der Waals surface area contributed by atoms with E-state index in [-0.39, 0.29) is 0 Å². The molecule has 0 radical (unpaired) electrons. The molecule has 84 valence electrons. The highest BCUT2D eigenvalue weighted by atomic mass is 16.3. The van der Waals surface area contributed by atoms with Gasteiger partial charge in [0.2, 0.25) is 0 Å². The summed E-state index contributed by atoms with van der Waals surface area (Å²) in [5.41, 5.74) is 2.37. The third-order valence-corrected chi connectivity index (χ3v) is 3.54. The van der Waals surface area contributed by atoms with E-state index in [0.29, 0.717) is 6.04 Å². The fraction of sp³-hybridized carbons (Fsp3) is 0.429. The van der Waals surface area contributed by atoms with Gasteiger partial charge < -0.3 is 9.73 Å². The molecule has 1 fully saturated rings. The van der Waals surface area contributed by atoms with Crippen molar-refractivity contribution in [1.29, 1.82) is 0 Å². The topological polar surface area (TPSA) is 25.2 Å². The molecule has 3 rings (SSSR count). The van der Waals surface area contributed by atoms with E-state index in [1.165, 1.54) is 23.8 Å². The average molecular weight is 215 g/mol. The first-order valence-electron chi connectivity index (χ1n) is 6.00. The molecule has 1 heterocycles. The van der Waals surface area contributed by atoms with Crippen molar-refractivity contribution in [3.05, 3.63) is 36.1 Å². The maximum atomic E-state index is 5.43. The molecule has 1 aliphatic carbocycles. The number of fused-ring (bicyclic) bond motifs is 1. The lowest BCUT2D eigenvalue weighted by molar-refractivity contribution is 0.500. The van der Waals surface area contributed by atoms with Gasteiger partial charge in [-0.25, -0.2) is 0 Å². The molecule has 1 N–H and O–H groups in total. The van der Waals surface area contributed by atoms with Gasteiger partial charge >= 0.3 is 0 Å². The Morgan fingerprint density at radius 3 is 3.00 bits per heavy atom. The Balaban J connectivity index is 1.81. The maximum Gasteiger partial charge on any atom is 0.134 e. The molecule has 1 aromatic carbocycles. The molecular formula is C14H17NO. The summed E-state index contributed by atoms with van der Waals surface area (Å²) in [4.78, 5) is 0. The van der Waals surface area contributed by atoms with Crippen LogP contribution in [0, 0.1) is 5.92 Å². The normalized spacial score (nSPS) is 17.8. The average Bonchev–Trinajstić information content (AvgIpc) is 3.04. The van der Waals surface area contributed by atoms with Crippen LogP contribution < -0.4 is 5.32 Å². The van der Waals surface area contributed by atoms with E-state index >= 15 is 0 Å². The molecule has 16 heavy (non-hydrogen) atoms. The van der Waals surface area contributed by atoms with Gasteiger partial charge in [0.1, 0.15) is 5.58 Å². The lowest BCUT2D eigenvalue weighted by Crippen LogP contribution is -2.29. The van der Waals surface area contributed by atoms with Crippen LogP contribution in [0.1, 0.15) is 18.4 Å². The smallest absolute Gasteiger partial charge is 0.134 e. The van der Waals surface area contributed by atoms with Gasteiger partial charge in [-0.05, 0) is 49.9 Å². The van der Waals surface area contributed by atoms with Gasteiger partial charge in [-0.1, -0.05) is 12.1 Å². The Morgan fingerprint density at radius 1 is 1.38 bits per heavy atom. The van der Waals surface area contributed by atoms with Crippen LogP contribution in [-0.4, -0.2) is 13.1 Å². The summed E-state index contributed by atoms with van der Waals surface area (Å²) in [5.74, 6) is 0.886. The second kappa shape index (κ2) is 3.95. The first-order chi connectivity index (χ1) is 7.86. The Morgan fingerprint density at radius 2 is 2.25 bits per heavy atom. The van der Waals surface area contributed by atoms with E-state index in [4.69, 9.17) is 4.42 Å². The largest absolute Gasteiger partial charge is 0.464 e. The first-order valence-corrected chi connectivity index (χ1v) is 6.00. The van der Waals surface area contributed by atoms with E-state index in [1.54, 1.807) is 6.26 Å². The highest BCUT2D eigenvalue weighted by molar-refractivity contribution is 5.77. The summed E-state index contributed by atoms with van der Waals surface area (Å²) in [5, 5.41) is 4.61. The minimum absolute atomic E-state index is 0.632. The van der Waals surface area contributed by atoms with Gasteiger partial charge in [-0.15, -0.1) is 0 Å². The SMILES string of the molecule is CNC(Cc1ccc2ccoc2c1)C1CC1. The van der Waals surface area contributed by atoms with Gasteiger partial charge in [-0.2, -0.15) is 0 Å². The molecular weight excluding hydrogens is 198 g/mol. The second-order valence-corrected chi connectivity index (χ2v) is 4.73. The lowest BCUT2D eigenvalue weighted by atomic mass is 10.0. The van der Waals surface area contributed by atoms with E-state index in [9.17, 15) is 0 Å². The summed E-state index contributed by atoms with van der Waals surface area (Å²) < 4.78 is 5.43. The van der Waals surface area contributed by atoms with Gasteiger partial charge in [0.05, 0.1) is 6.26 Å². The summed E-state index contributed by atoms with van der Waals surface area (Å²) in [6.45, 7) is 0. The fourth-order valence-corrected chi connectivity index (χ4v) is 2.38. The standard InChI is InChI=1S/C14H17NO/c1-15-13(11-4-5-11)8-10-2-3-12-6-7-16-14(12)9-10/h2-3,6-7,9,11,13,15H,4-5,8H2,1H3. The number of furan rings is 1. The summed E-state index contributed by atoms with van der Waals surface area (Å²) in [6, 6.07) is 9.17. The Labute approximate surface area is 95.6 Å². The van der Waals surface area contributed by atoms with Crippen molar-refractivity contribution in [3.8, 4) is 0 Å². The summed E-state index contributed by atoms with van der Waals surface area (Å²) >= 11 is 0. The molecule has 1 unspecified atom stereocenters. The van der Waals surface area contributed by atoms with Gasteiger partial charge in [0, 0.05) is 11.4 Å². The van der Waals surface area contributed by atoms with Crippen molar-refractivity contribution < 1.29 is 4.42 Å². The lowest BCUT2D eigenvalue weighted by Gasteiger charge is -2.15. The zero-order chi connectivity index (χ0) is 11.0. The van der Waals surface area contributed by atoms with Gasteiger partial charge in [0.15, 0.2) is 0 Å².